The molecule has 0 aliphatic carbocycles. The third-order valence-electron chi connectivity index (χ3n) is 4.15. The Morgan fingerprint density at radius 2 is 1.46 bits per heavy atom. The van der Waals surface area contributed by atoms with Crippen LogP contribution in [0.5, 0.6) is 0 Å². The van der Waals surface area contributed by atoms with E-state index in [0.717, 1.165) is 36.9 Å². The maximum Gasteiger partial charge on any atom is 0.152 e. The van der Waals surface area contributed by atoms with Crippen LogP contribution in [0.1, 0.15) is 74.6 Å². The first-order valence-electron chi connectivity index (χ1n) is 9.42. The molecule has 0 fully saturated rings. The van der Waals surface area contributed by atoms with E-state index in [1.807, 2.05) is 30.3 Å². The maximum absolute atomic E-state index is 10.9. The summed E-state index contributed by atoms with van der Waals surface area (Å²) in [5, 5.41) is 3.33. The van der Waals surface area contributed by atoms with Crippen molar-refractivity contribution >= 4 is 12.0 Å². The lowest BCUT2D eigenvalue weighted by Gasteiger charge is -2.07. The number of unbranched alkanes of at least 4 members (excludes halogenated alkanes) is 8. The summed E-state index contributed by atoms with van der Waals surface area (Å²) in [4.78, 5) is 10.9. The van der Waals surface area contributed by atoms with Gasteiger partial charge in [0, 0.05) is 17.8 Å². The van der Waals surface area contributed by atoms with Gasteiger partial charge in [0.2, 0.25) is 0 Å². The molecule has 132 valence electrons. The molecule has 24 heavy (non-hydrogen) atoms. The van der Waals surface area contributed by atoms with Crippen molar-refractivity contribution in [2.75, 3.05) is 11.9 Å². The van der Waals surface area contributed by atoms with Gasteiger partial charge < -0.3 is 5.32 Å². The van der Waals surface area contributed by atoms with Crippen molar-refractivity contribution < 1.29 is 4.79 Å². The van der Waals surface area contributed by atoms with E-state index in [1.54, 1.807) is 0 Å². The van der Waals surface area contributed by atoms with Crippen LogP contribution in [0.3, 0.4) is 0 Å². The molecule has 2 nitrogen and oxygen atoms in total. The Bertz CT molecular complexity index is 479. The van der Waals surface area contributed by atoms with Crippen LogP contribution in [0, 0.1) is 0 Å². The number of para-hydroxylation sites is 1. The van der Waals surface area contributed by atoms with Crippen molar-refractivity contribution in [1.82, 2.24) is 0 Å². The van der Waals surface area contributed by atoms with Crippen molar-refractivity contribution in [2.24, 2.45) is 0 Å². The van der Waals surface area contributed by atoms with Gasteiger partial charge in [0.05, 0.1) is 0 Å². The fourth-order valence-electron chi connectivity index (χ4n) is 2.70. The minimum atomic E-state index is 0.734. The molecule has 1 aromatic carbocycles. The normalized spacial score (nSPS) is 10.8. The Labute approximate surface area is 148 Å². The number of carbonyl (C=O) groups is 1. The summed E-state index contributed by atoms with van der Waals surface area (Å²) in [6, 6.07) is 7.64. The SMILES string of the molecule is C=CCCCCCCCCC=CCCCNc1ccccc1C=O. The average molecular weight is 328 g/mol. The van der Waals surface area contributed by atoms with Gasteiger partial charge in [0.1, 0.15) is 0 Å². The number of nitrogens with one attached hydrogen (secondary N) is 1. The molecule has 1 rings (SSSR count). The van der Waals surface area contributed by atoms with Crippen LogP contribution in [0.15, 0.2) is 49.1 Å². The molecule has 0 saturated carbocycles. The van der Waals surface area contributed by atoms with Gasteiger partial charge in [0.25, 0.3) is 0 Å². The Hall–Kier alpha value is -1.83. The van der Waals surface area contributed by atoms with E-state index in [-0.39, 0.29) is 0 Å². The summed E-state index contributed by atoms with van der Waals surface area (Å²) in [5.41, 5.74) is 1.67. The third-order valence-corrected chi connectivity index (χ3v) is 4.15. The van der Waals surface area contributed by atoms with Crippen LogP contribution in [0.25, 0.3) is 0 Å². The van der Waals surface area contributed by atoms with Crippen LogP contribution < -0.4 is 5.32 Å². The molecule has 0 unspecified atom stereocenters. The molecule has 0 bridgehead atoms. The van der Waals surface area contributed by atoms with Gasteiger partial charge in [-0.05, 0) is 50.7 Å². The van der Waals surface area contributed by atoms with Gasteiger partial charge in [-0.3, -0.25) is 4.79 Å². The Morgan fingerprint density at radius 3 is 2.17 bits per heavy atom. The second kappa shape index (κ2) is 14.7. The molecule has 0 aromatic heterocycles. The van der Waals surface area contributed by atoms with Crippen molar-refractivity contribution in [3.8, 4) is 0 Å². The predicted molar refractivity (Wildman–Crippen MR) is 106 cm³/mol. The van der Waals surface area contributed by atoms with E-state index < -0.39 is 0 Å². The zero-order valence-electron chi connectivity index (χ0n) is 15.0. The average Bonchev–Trinajstić information content (AvgIpc) is 2.62. The predicted octanol–water partition coefficient (Wildman–Crippen LogP) is 6.55. The summed E-state index contributed by atoms with van der Waals surface area (Å²) in [6.07, 6.45) is 20.1. The van der Waals surface area contributed by atoms with Crippen LogP contribution >= 0.6 is 0 Å². The zero-order chi connectivity index (χ0) is 17.3. The van der Waals surface area contributed by atoms with Gasteiger partial charge in [-0.25, -0.2) is 0 Å². The van der Waals surface area contributed by atoms with E-state index in [2.05, 4.69) is 24.0 Å². The van der Waals surface area contributed by atoms with Crippen LogP contribution in [0.4, 0.5) is 5.69 Å². The number of allylic oxidation sites excluding steroid dienone is 3. The zero-order valence-corrected chi connectivity index (χ0v) is 15.0. The van der Waals surface area contributed by atoms with Gasteiger partial charge in [-0.1, -0.05) is 56.0 Å². The summed E-state index contributed by atoms with van der Waals surface area (Å²) < 4.78 is 0. The number of carbonyl (C=O) groups excluding carboxylic acids is 1. The number of anilines is 1. The quantitative estimate of drug-likeness (QED) is 0.225. The molecule has 0 amide bonds. The van der Waals surface area contributed by atoms with Crippen molar-refractivity contribution in [1.29, 1.82) is 0 Å². The Balaban J connectivity index is 1.93. The minimum Gasteiger partial charge on any atom is -0.384 e. The molecule has 0 heterocycles. The van der Waals surface area contributed by atoms with E-state index in [1.165, 1.54) is 51.4 Å². The largest absolute Gasteiger partial charge is 0.384 e. The molecule has 1 aromatic rings. The smallest absolute Gasteiger partial charge is 0.152 e. The van der Waals surface area contributed by atoms with E-state index in [4.69, 9.17) is 0 Å². The second-order valence-electron chi connectivity index (χ2n) is 6.23. The summed E-state index contributed by atoms with van der Waals surface area (Å²) >= 11 is 0. The summed E-state index contributed by atoms with van der Waals surface area (Å²) in [7, 11) is 0. The lowest BCUT2D eigenvalue weighted by atomic mass is 10.1. The van der Waals surface area contributed by atoms with Crippen LogP contribution in [0.2, 0.25) is 0 Å². The summed E-state index contributed by atoms with van der Waals surface area (Å²) in [5.74, 6) is 0. The fraction of sp³-hybridized carbons (Fsp3) is 0.500. The lowest BCUT2D eigenvalue weighted by molar-refractivity contribution is 0.112. The molecule has 0 aliphatic heterocycles. The van der Waals surface area contributed by atoms with Gasteiger partial charge >= 0.3 is 0 Å². The minimum absolute atomic E-state index is 0.734. The standard InChI is InChI=1S/C22H33NO/c1-2-3-4-5-6-7-8-9-10-11-12-13-16-19-23-22-18-15-14-17-21(22)20-24/h2,11-12,14-15,17-18,20,23H,1,3-10,13,16,19H2. The number of hydrogen-bond acceptors (Lipinski definition) is 2. The van der Waals surface area contributed by atoms with Gasteiger partial charge in [0.15, 0.2) is 6.29 Å². The third kappa shape index (κ3) is 10.0. The molecular formula is C22H33NO. The number of benzene rings is 1. The molecule has 1 N–H and O–H groups in total. The fourth-order valence-corrected chi connectivity index (χ4v) is 2.70. The molecule has 0 radical (unpaired) electrons. The van der Waals surface area contributed by atoms with E-state index >= 15 is 0 Å². The van der Waals surface area contributed by atoms with Crippen LogP contribution in [-0.2, 0) is 0 Å². The first-order valence-corrected chi connectivity index (χ1v) is 9.42. The highest BCUT2D eigenvalue weighted by Gasteiger charge is 1.98. The van der Waals surface area contributed by atoms with Crippen molar-refractivity contribution in [3.05, 3.63) is 54.6 Å². The molecule has 0 spiro atoms. The highest BCUT2D eigenvalue weighted by atomic mass is 16.1. The topological polar surface area (TPSA) is 29.1 Å². The second-order valence-corrected chi connectivity index (χ2v) is 6.23. The number of aldehydes is 1. The summed E-state index contributed by atoms with van der Waals surface area (Å²) in [6.45, 7) is 4.66. The monoisotopic (exact) mass is 327 g/mol. The van der Waals surface area contributed by atoms with Crippen molar-refractivity contribution in [2.45, 2.75) is 64.2 Å². The maximum atomic E-state index is 10.9. The van der Waals surface area contributed by atoms with Gasteiger partial charge in [-0.2, -0.15) is 0 Å². The Kier molecular flexibility index (Phi) is 12.4. The molecule has 0 atom stereocenters. The van der Waals surface area contributed by atoms with E-state index in [0.29, 0.717) is 0 Å². The first kappa shape index (κ1) is 20.2. The molecule has 0 saturated heterocycles. The van der Waals surface area contributed by atoms with Gasteiger partial charge in [-0.15, -0.1) is 6.58 Å². The number of hydrogen-bond donors (Lipinski definition) is 1. The van der Waals surface area contributed by atoms with Crippen LogP contribution in [-0.4, -0.2) is 12.8 Å². The molecule has 0 aliphatic rings. The Morgan fingerprint density at radius 1 is 0.833 bits per heavy atom. The first-order chi connectivity index (χ1) is 11.9. The van der Waals surface area contributed by atoms with Crippen molar-refractivity contribution in [3.63, 3.8) is 0 Å². The molecule has 2 heteroatoms. The number of rotatable bonds is 15. The lowest BCUT2D eigenvalue weighted by Crippen LogP contribution is -2.03. The van der Waals surface area contributed by atoms with E-state index in [9.17, 15) is 4.79 Å². The molecular weight excluding hydrogens is 294 g/mol. The highest BCUT2D eigenvalue weighted by molar-refractivity contribution is 5.83. The highest BCUT2D eigenvalue weighted by Crippen LogP contribution is 2.12.